The molecule has 1 fully saturated rings. The average molecular weight is 253 g/mol. The van der Waals surface area contributed by atoms with Gasteiger partial charge in [-0.2, -0.15) is 4.39 Å². The lowest BCUT2D eigenvalue weighted by Crippen LogP contribution is -2.15. The number of ether oxygens (including phenoxy) is 2. The second kappa shape index (κ2) is 7.31. The summed E-state index contributed by atoms with van der Waals surface area (Å²) in [5.41, 5.74) is 0. The number of aromatic nitrogens is 1. The van der Waals surface area contributed by atoms with Crippen LogP contribution in [0.4, 0.5) is 4.39 Å². The van der Waals surface area contributed by atoms with Gasteiger partial charge in [0.1, 0.15) is 5.75 Å². The lowest BCUT2D eigenvalue weighted by atomic mass is 9.94. The molecule has 0 aromatic carbocycles. The molecule has 4 heteroatoms. The Hall–Kier alpha value is -1.16. The number of rotatable bonds is 6. The van der Waals surface area contributed by atoms with Crippen LogP contribution >= 0.6 is 0 Å². The Bertz CT molecular complexity index is 336. The van der Waals surface area contributed by atoms with E-state index in [1.807, 2.05) is 0 Å². The summed E-state index contributed by atoms with van der Waals surface area (Å²) in [5, 5.41) is 0. The molecule has 1 aliphatic rings. The van der Waals surface area contributed by atoms with Crippen molar-refractivity contribution < 1.29 is 13.9 Å². The summed E-state index contributed by atoms with van der Waals surface area (Å²) in [5.74, 6) is 0.996. The number of nitrogens with zero attached hydrogens (tertiary/aromatic N) is 1. The molecule has 0 atom stereocenters. The normalized spacial score (nSPS) is 16.7. The van der Waals surface area contributed by atoms with Crippen LogP contribution in [0.5, 0.6) is 5.75 Å². The molecule has 0 amide bonds. The maximum Gasteiger partial charge on any atom is 0.213 e. The maximum atomic E-state index is 12.6. The summed E-state index contributed by atoms with van der Waals surface area (Å²) in [4.78, 5) is 3.55. The molecule has 0 unspecified atom stereocenters. The molecule has 18 heavy (non-hydrogen) atoms. The molecule has 1 aromatic heterocycles. The summed E-state index contributed by atoms with van der Waals surface area (Å²) in [6.45, 7) is 2.52. The number of pyridine rings is 1. The molecule has 1 saturated heterocycles. The van der Waals surface area contributed by atoms with E-state index in [0.29, 0.717) is 12.4 Å². The molecule has 0 radical (unpaired) electrons. The van der Waals surface area contributed by atoms with Crippen molar-refractivity contribution in [2.24, 2.45) is 5.92 Å². The molecule has 0 N–H and O–H groups in total. The van der Waals surface area contributed by atoms with Crippen LogP contribution in [0.3, 0.4) is 0 Å². The molecule has 3 nitrogen and oxygen atoms in total. The zero-order valence-corrected chi connectivity index (χ0v) is 10.6. The molecule has 2 rings (SSSR count). The van der Waals surface area contributed by atoms with Gasteiger partial charge in [-0.05, 0) is 43.7 Å². The standard InChI is InChI=1S/C14H20FNO2/c15-14-5-4-13(11-16-14)18-8-2-1-3-12-6-9-17-10-7-12/h4-5,11-12H,1-3,6-10H2. The first kappa shape index (κ1) is 13.3. The largest absolute Gasteiger partial charge is 0.492 e. The van der Waals surface area contributed by atoms with E-state index < -0.39 is 5.95 Å². The molecule has 100 valence electrons. The summed E-state index contributed by atoms with van der Waals surface area (Å²) in [7, 11) is 0. The highest BCUT2D eigenvalue weighted by Crippen LogP contribution is 2.20. The summed E-state index contributed by atoms with van der Waals surface area (Å²) in [6.07, 6.45) is 7.29. The predicted molar refractivity (Wildman–Crippen MR) is 67.1 cm³/mol. The van der Waals surface area contributed by atoms with E-state index in [9.17, 15) is 4.39 Å². The number of hydrogen-bond donors (Lipinski definition) is 0. The number of unbranched alkanes of at least 4 members (excludes halogenated alkanes) is 1. The van der Waals surface area contributed by atoms with Crippen molar-refractivity contribution >= 4 is 0 Å². The van der Waals surface area contributed by atoms with Gasteiger partial charge in [-0.15, -0.1) is 0 Å². The van der Waals surface area contributed by atoms with Crippen molar-refractivity contribution in [2.45, 2.75) is 32.1 Å². The van der Waals surface area contributed by atoms with Crippen molar-refractivity contribution in [2.75, 3.05) is 19.8 Å². The third kappa shape index (κ3) is 4.61. The summed E-state index contributed by atoms with van der Waals surface area (Å²) in [6, 6.07) is 2.93. The van der Waals surface area contributed by atoms with Gasteiger partial charge >= 0.3 is 0 Å². The van der Waals surface area contributed by atoms with E-state index in [1.165, 1.54) is 37.9 Å². The third-order valence-corrected chi connectivity index (χ3v) is 3.32. The van der Waals surface area contributed by atoms with Gasteiger partial charge in [-0.1, -0.05) is 6.42 Å². The van der Waals surface area contributed by atoms with Crippen LogP contribution in [-0.2, 0) is 4.74 Å². The zero-order valence-electron chi connectivity index (χ0n) is 10.6. The van der Waals surface area contributed by atoms with E-state index in [1.54, 1.807) is 6.07 Å². The predicted octanol–water partition coefficient (Wildman–Crippen LogP) is 3.20. The van der Waals surface area contributed by atoms with Crippen LogP contribution in [0.15, 0.2) is 18.3 Å². The van der Waals surface area contributed by atoms with Crippen LogP contribution in [0.1, 0.15) is 32.1 Å². The average Bonchev–Trinajstić information content (AvgIpc) is 2.42. The first-order valence-electron chi connectivity index (χ1n) is 6.67. The van der Waals surface area contributed by atoms with E-state index in [4.69, 9.17) is 9.47 Å². The minimum absolute atomic E-state index is 0.470. The Labute approximate surface area is 107 Å². The van der Waals surface area contributed by atoms with Gasteiger partial charge in [0.25, 0.3) is 0 Å². The highest BCUT2D eigenvalue weighted by atomic mass is 19.1. The fraction of sp³-hybridized carbons (Fsp3) is 0.643. The van der Waals surface area contributed by atoms with Gasteiger partial charge in [-0.25, -0.2) is 4.98 Å². The van der Waals surface area contributed by atoms with Gasteiger partial charge in [-0.3, -0.25) is 0 Å². The SMILES string of the molecule is Fc1ccc(OCCCCC2CCOCC2)cn1. The topological polar surface area (TPSA) is 31.4 Å². The van der Waals surface area contributed by atoms with Crippen molar-refractivity contribution in [3.05, 3.63) is 24.3 Å². The second-order valence-corrected chi connectivity index (χ2v) is 4.72. The monoisotopic (exact) mass is 253 g/mol. The molecule has 0 spiro atoms. The number of hydrogen-bond acceptors (Lipinski definition) is 3. The van der Waals surface area contributed by atoms with Gasteiger partial charge in [0.15, 0.2) is 0 Å². The molecular weight excluding hydrogens is 233 g/mol. The molecule has 2 heterocycles. The van der Waals surface area contributed by atoms with E-state index in [0.717, 1.165) is 25.6 Å². The van der Waals surface area contributed by atoms with Gasteiger partial charge < -0.3 is 9.47 Å². The second-order valence-electron chi connectivity index (χ2n) is 4.72. The fourth-order valence-electron chi connectivity index (χ4n) is 2.21. The third-order valence-electron chi connectivity index (χ3n) is 3.32. The lowest BCUT2D eigenvalue weighted by molar-refractivity contribution is 0.0628. The van der Waals surface area contributed by atoms with Crippen molar-refractivity contribution in [3.63, 3.8) is 0 Å². The van der Waals surface area contributed by atoms with E-state index in [2.05, 4.69) is 4.98 Å². The molecule has 0 bridgehead atoms. The highest BCUT2D eigenvalue weighted by Gasteiger charge is 2.12. The zero-order chi connectivity index (χ0) is 12.6. The molecule has 1 aliphatic heterocycles. The molecule has 0 aliphatic carbocycles. The molecule has 0 saturated carbocycles. The van der Waals surface area contributed by atoms with Crippen LogP contribution in [0, 0.1) is 11.9 Å². The van der Waals surface area contributed by atoms with Crippen LogP contribution in [0.2, 0.25) is 0 Å². The van der Waals surface area contributed by atoms with Gasteiger partial charge in [0.05, 0.1) is 12.8 Å². The first-order chi connectivity index (χ1) is 8.84. The van der Waals surface area contributed by atoms with E-state index in [-0.39, 0.29) is 0 Å². The Morgan fingerprint density at radius 3 is 2.83 bits per heavy atom. The first-order valence-corrected chi connectivity index (χ1v) is 6.67. The van der Waals surface area contributed by atoms with Crippen LogP contribution in [0.25, 0.3) is 0 Å². The maximum absolute atomic E-state index is 12.6. The summed E-state index contributed by atoms with van der Waals surface area (Å²) >= 11 is 0. The lowest BCUT2D eigenvalue weighted by Gasteiger charge is -2.21. The Morgan fingerprint density at radius 2 is 2.11 bits per heavy atom. The van der Waals surface area contributed by atoms with Crippen molar-refractivity contribution in [1.82, 2.24) is 4.98 Å². The Balaban J connectivity index is 1.54. The minimum Gasteiger partial charge on any atom is -0.492 e. The van der Waals surface area contributed by atoms with Crippen molar-refractivity contribution in [1.29, 1.82) is 0 Å². The number of halogens is 1. The van der Waals surface area contributed by atoms with Crippen LogP contribution < -0.4 is 4.74 Å². The smallest absolute Gasteiger partial charge is 0.213 e. The minimum atomic E-state index is -0.470. The molecular formula is C14H20FNO2. The quantitative estimate of drug-likeness (QED) is 0.576. The Kier molecular flexibility index (Phi) is 5.39. The molecule has 1 aromatic rings. The highest BCUT2D eigenvalue weighted by molar-refractivity contribution is 5.15. The van der Waals surface area contributed by atoms with Gasteiger partial charge in [0, 0.05) is 13.2 Å². The van der Waals surface area contributed by atoms with E-state index >= 15 is 0 Å². The van der Waals surface area contributed by atoms with Crippen LogP contribution in [-0.4, -0.2) is 24.8 Å². The summed E-state index contributed by atoms with van der Waals surface area (Å²) < 4.78 is 23.4. The Morgan fingerprint density at radius 1 is 1.28 bits per heavy atom. The van der Waals surface area contributed by atoms with Gasteiger partial charge in [0.2, 0.25) is 5.95 Å². The van der Waals surface area contributed by atoms with Crippen molar-refractivity contribution in [3.8, 4) is 5.75 Å². The fourth-order valence-corrected chi connectivity index (χ4v) is 2.21.